The molecule has 0 bridgehead atoms. The molecule has 1 unspecified atom stereocenters. The summed E-state index contributed by atoms with van der Waals surface area (Å²) in [7, 11) is 0. The monoisotopic (exact) mass is 330 g/mol. The van der Waals surface area contributed by atoms with Crippen molar-refractivity contribution in [3.63, 3.8) is 0 Å². The molecule has 2 aromatic heterocycles. The summed E-state index contributed by atoms with van der Waals surface area (Å²) in [5.74, 6) is 1.83. The second kappa shape index (κ2) is 5.57. The van der Waals surface area contributed by atoms with E-state index in [1.807, 2.05) is 17.8 Å². The number of fused-ring (bicyclic) bond motifs is 2. The minimum Gasteiger partial charge on any atom is -0.612 e. The van der Waals surface area contributed by atoms with Gasteiger partial charge in [0.25, 0.3) is 0 Å². The van der Waals surface area contributed by atoms with E-state index in [9.17, 15) is 4.55 Å². The summed E-state index contributed by atoms with van der Waals surface area (Å²) in [6.07, 6.45) is 7.01. The summed E-state index contributed by atoms with van der Waals surface area (Å²) in [5, 5.41) is 0. The average Bonchev–Trinajstić information content (AvgIpc) is 2.97. The van der Waals surface area contributed by atoms with Gasteiger partial charge in [0, 0.05) is 10.5 Å². The van der Waals surface area contributed by atoms with Crippen LogP contribution in [0.5, 0.6) is 0 Å². The van der Waals surface area contributed by atoms with Crippen LogP contribution in [0.3, 0.4) is 0 Å². The van der Waals surface area contributed by atoms with Crippen molar-refractivity contribution in [3.05, 3.63) is 30.2 Å². The molecule has 0 radical (unpaired) electrons. The molecule has 0 fully saturated rings. The van der Waals surface area contributed by atoms with E-state index in [-0.39, 0.29) is 0 Å². The predicted octanol–water partition coefficient (Wildman–Crippen LogP) is 2.80. The Labute approximate surface area is 135 Å². The van der Waals surface area contributed by atoms with E-state index in [4.69, 9.17) is 0 Å². The van der Waals surface area contributed by atoms with E-state index in [0.717, 1.165) is 34.6 Å². The zero-order valence-electron chi connectivity index (χ0n) is 12.0. The zero-order chi connectivity index (χ0) is 15.1. The molecule has 3 heterocycles. The molecule has 1 aliphatic heterocycles. The van der Waals surface area contributed by atoms with Crippen LogP contribution in [0.15, 0.2) is 34.4 Å². The maximum atomic E-state index is 12.4. The van der Waals surface area contributed by atoms with Gasteiger partial charge in [-0.25, -0.2) is 15.0 Å². The van der Waals surface area contributed by atoms with Crippen molar-refractivity contribution in [3.8, 4) is 11.4 Å². The molecular formula is C15H14N4OS2. The molecule has 1 atom stereocenters. The summed E-state index contributed by atoms with van der Waals surface area (Å²) in [4.78, 5) is 18.1. The fourth-order valence-corrected chi connectivity index (χ4v) is 4.97. The number of aromatic amines is 1. The first-order valence-corrected chi connectivity index (χ1v) is 9.56. The molecule has 1 aliphatic rings. The highest BCUT2D eigenvalue weighted by Gasteiger charge is 2.25. The van der Waals surface area contributed by atoms with Gasteiger partial charge in [-0.2, -0.15) is 0 Å². The van der Waals surface area contributed by atoms with Crippen molar-refractivity contribution < 1.29 is 4.55 Å². The van der Waals surface area contributed by atoms with E-state index in [0.29, 0.717) is 11.5 Å². The summed E-state index contributed by atoms with van der Waals surface area (Å²) < 4.78 is 12.4. The fraction of sp³-hybridized carbons (Fsp3) is 0.267. The van der Waals surface area contributed by atoms with Crippen molar-refractivity contribution in [1.82, 2.24) is 19.9 Å². The van der Waals surface area contributed by atoms with Gasteiger partial charge < -0.3 is 9.54 Å². The van der Waals surface area contributed by atoms with E-state index in [1.165, 1.54) is 16.8 Å². The molecule has 1 aromatic carbocycles. The van der Waals surface area contributed by atoms with Crippen LogP contribution >= 0.6 is 11.8 Å². The van der Waals surface area contributed by atoms with Crippen LogP contribution in [-0.4, -0.2) is 36.5 Å². The molecule has 3 aromatic rings. The Morgan fingerprint density at radius 1 is 1.36 bits per heavy atom. The van der Waals surface area contributed by atoms with E-state index >= 15 is 0 Å². The second-order valence-corrected chi connectivity index (χ2v) is 7.62. The van der Waals surface area contributed by atoms with Crippen molar-refractivity contribution in [1.29, 1.82) is 0 Å². The Balaban J connectivity index is 1.94. The van der Waals surface area contributed by atoms with Gasteiger partial charge >= 0.3 is 0 Å². The maximum absolute atomic E-state index is 12.4. The number of benzene rings is 1. The minimum absolute atomic E-state index is 0.699. The van der Waals surface area contributed by atoms with Gasteiger partial charge in [0.15, 0.2) is 10.5 Å². The van der Waals surface area contributed by atoms with Crippen LogP contribution in [0, 0.1) is 0 Å². The first-order valence-electron chi connectivity index (χ1n) is 7.02. The molecule has 22 heavy (non-hydrogen) atoms. The Hall–Kier alpha value is -1.57. The number of nitrogens with one attached hydrogen (secondary N) is 1. The molecular weight excluding hydrogens is 316 g/mol. The van der Waals surface area contributed by atoms with Crippen molar-refractivity contribution in [2.75, 3.05) is 12.0 Å². The number of hydrogen-bond donors (Lipinski definition) is 1. The van der Waals surface area contributed by atoms with Crippen LogP contribution in [0.2, 0.25) is 0 Å². The normalized spacial score (nSPS) is 15.7. The molecule has 0 aliphatic carbocycles. The third kappa shape index (κ3) is 2.29. The summed E-state index contributed by atoms with van der Waals surface area (Å²) in [5.41, 5.74) is 3.53. The van der Waals surface area contributed by atoms with Crippen molar-refractivity contribution in [2.24, 2.45) is 0 Å². The molecule has 112 valence electrons. The highest BCUT2D eigenvalue weighted by molar-refractivity contribution is 7.99. The lowest BCUT2D eigenvalue weighted by atomic mass is 10.1. The maximum Gasteiger partial charge on any atom is 0.167 e. The molecule has 0 spiro atoms. The number of imidazole rings is 1. The van der Waals surface area contributed by atoms with Crippen LogP contribution in [0.1, 0.15) is 12.0 Å². The first-order chi connectivity index (χ1) is 10.7. The number of aromatic nitrogens is 4. The number of nitrogens with zero attached hydrogens (tertiary/aromatic N) is 3. The van der Waals surface area contributed by atoms with Gasteiger partial charge in [0.2, 0.25) is 0 Å². The highest BCUT2D eigenvalue weighted by atomic mass is 32.2. The average molecular weight is 330 g/mol. The molecule has 0 saturated carbocycles. The first kappa shape index (κ1) is 14.0. The number of rotatable bonds is 2. The summed E-state index contributed by atoms with van der Waals surface area (Å²) >= 11 is 0.780. The van der Waals surface area contributed by atoms with Gasteiger partial charge in [-0.3, -0.25) is 0 Å². The molecule has 1 N–H and O–H groups in total. The topological polar surface area (TPSA) is 77.5 Å². The number of hydrogen-bond acceptors (Lipinski definition) is 5. The smallest absolute Gasteiger partial charge is 0.167 e. The Bertz CT molecular complexity index is 814. The van der Waals surface area contributed by atoms with Crippen molar-refractivity contribution >= 4 is 34.1 Å². The lowest BCUT2D eigenvalue weighted by Gasteiger charge is -2.20. The number of H-pyrrole nitrogens is 1. The second-order valence-electron chi connectivity index (χ2n) is 5.17. The van der Waals surface area contributed by atoms with Gasteiger partial charge in [-0.1, -0.05) is 0 Å². The van der Waals surface area contributed by atoms with Gasteiger partial charge in [0.05, 0.1) is 11.8 Å². The lowest BCUT2D eigenvalue weighted by molar-refractivity contribution is 0.599. The SMILES string of the molecule is C[S+]([O-])c1c(-c2nc3cncnc3[nH]2)ccc2c1CCCS2. The zero-order valence-corrected chi connectivity index (χ0v) is 13.6. The third-order valence-electron chi connectivity index (χ3n) is 3.75. The minimum atomic E-state index is -1.06. The largest absolute Gasteiger partial charge is 0.612 e. The molecule has 0 saturated heterocycles. The highest BCUT2D eigenvalue weighted by Crippen LogP contribution is 2.39. The molecule has 4 rings (SSSR count). The third-order valence-corrected chi connectivity index (χ3v) is 5.98. The van der Waals surface area contributed by atoms with E-state index < -0.39 is 11.2 Å². The molecule has 5 nitrogen and oxygen atoms in total. The summed E-state index contributed by atoms with van der Waals surface area (Å²) in [6, 6.07) is 4.13. The van der Waals surface area contributed by atoms with E-state index in [2.05, 4.69) is 26.0 Å². The Kier molecular flexibility index (Phi) is 3.56. The van der Waals surface area contributed by atoms with Gasteiger partial charge in [-0.05, 0) is 41.9 Å². The number of thioether (sulfide) groups is 1. The standard InChI is InChI=1S/C15H14N4OS2/c1-22(20)13-9-3-2-6-21-12(9)5-4-10(13)14-18-11-7-16-8-17-15(11)19-14/h4-5,7-8H,2-3,6H2,1H3,(H,16,17,18,19). The fourth-order valence-electron chi connectivity index (χ4n) is 2.82. The summed E-state index contributed by atoms with van der Waals surface area (Å²) in [6.45, 7) is 0. The van der Waals surface area contributed by atoms with Crippen molar-refractivity contribution in [2.45, 2.75) is 22.6 Å². The van der Waals surface area contributed by atoms with Crippen LogP contribution in [-0.2, 0) is 17.6 Å². The van der Waals surface area contributed by atoms with E-state index in [1.54, 1.807) is 12.5 Å². The Morgan fingerprint density at radius 2 is 2.27 bits per heavy atom. The molecule has 0 amide bonds. The predicted molar refractivity (Wildman–Crippen MR) is 88.5 cm³/mol. The molecule has 7 heteroatoms. The van der Waals surface area contributed by atoms with Crippen LogP contribution in [0.25, 0.3) is 22.6 Å². The van der Waals surface area contributed by atoms with Crippen LogP contribution < -0.4 is 0 Å². The Morgan fingerprint density at radius 3 is 3.09 bits per heavy atom. The van der Waals surface area contributed by atoms with Crippen LogP contribution in [0.4, 0.5) is 0 Å². The van der Waals surface area contributed by atoms with Gasteiger partial charge in [0.1, 0.15) is 23.9 Å². The lowest BCUT2D eigenvalue weighted by Crippen LogP contribution is -2.10. The van der Waals surface area contributed by atoms with Gasteiger partial charge in [-0.15, -0.1) is 11.8 Å². The quantitative estimate of drug-likeness (QED) is 0.731.